The molecule has 0 unspecified atom stereocenters. The number of methoxy groups -OCH3 is 1. The van der Waals surface area contributed by atoms with Crippen LogP contribution < -0.4 is 19.7 Å². The molecule has 1 spiro atoms. The Morgan fingerprint density at radius 3 is 2.68 bits per heavy atom. The number of anilines is 1. The van der Waals surface area contributed by atoms with E-state index in [-0.39, 0.29) is 5.82 Å². The molecule has 0 bridgehead atoms. The molecule has 0 radical (unpaired) electrons. The highest BCUT2D eigenvalue weighted by Crippen LogP contribution is 2.47. The number of nitrogens with zero attached hydrogens (tertiary/aromatic N) is 5. The lowest BCUT2D eigenvalue weighted by atomic mass is 9.72. The number of benzene rings is 1. The Kier molecular flexibility index (Phi) is 5.28. The molecule has 2 aliphatic heterocycles. The Hall–Kier alpha value is -3.33. The van der Waals surface area contributed by atoms with Crippen LogP contribution in [0.4, 0.5) is 10.2 Å². The molecular formula is C25H27FN6O2. The maximum Gasteiger partial charge on any atom is 0.282 e. The molecule has 176 valence electrons. The first-order valence-corrected chi connectivity index (χ1v) is 11.8. The first-order chi connectivity index (χ1) is 16.6. The van der Waals surface area contributed by atoms with E-state index in [9.17, 15) is 4.39 Å². The van der Waals surface area contributed by atoms with Crippen LogP contribution in [0.25, 0.3) is 11.1 Å². The highest BCUT2D eigenvalue weighted by atomic mass is 19.1. The molecule has 6 rings (SSSR count). The van der Waals surface area contributed by atoms with Crippen LogP contribution in [-0.2, 0) is 0 Å². The van der Waals surface area contributed by atoms with Crippen LogP contribution in [0.1, 0.15) is 37.3 Å². The summed E-state index contributed by atoms with van der Waals surface area (Å²) in [5, 5.41) is 11.6. The van der Waals surface area contributed by atoms with Crippen LogP contribution in [0.15, 0.2) is 36.7 Å². The fourth-order valence-corrected chi connectivity index (χ4v) is 5.10. The largest absolute Gasteiger partial charge is 0.481 e. The molecule has 0 amide bonds. The lowest BCUT2D eigenvalue weighted by molar-refractivity contribution is 0.148. The minimum Gasteiger partial charge on any atom is -0.481 e. The topological polar surface area (TPSA) is 85.3 Å². The average molecular weight is 463 g/mol. The molecule has 0 atom stereocenters. The van der Waals surface area contributed by atoms with Crippen LogP contribution in [0.5, 0.6) is 17.5 Å². The van der Waals surface area contributed by atoms with Crippen molar-refractivity contribution in [3.05, 3.63) is 48.2 Å². The average Bonchev–Trinajstić information content (AvgIpc) is 3.70. The SMILES string of the molecule is COc1ccc(-c2cc(F)ccc2Oc2nncnc2N2CC3(CCNCC3)C2)c(C2CC2)n1. The number of pyridine rings is 1. The quantitative estimate of drug-likeness (QED) is 0.590. The van der Waals surface area contributed by atoms with Crippen molar-refractivity contribution in [3.8, 4) is 28.6 Å². The summed E-state index contributed by atoms with van der Waals surface area (Å²) in [4.78, 5) is 11.3. The molecule has 34 heavy (non-hydrogen) atoms. The summed E-state index contributed by atoms with van der Waals surface area (Å²) >= 11 is 0. The third kappa shape index (κ3) is 3.94. The third-order valence-electron chi connectivity index (χ3n) is 7.10. The number of piperidine rings is 1. The number of hydrogen-bond acceptors (Lipinski definition) is 8. The molecule has 3 aliphatic rings. The smallest absolute Gasteiger partial charge is 0.282 e. The van der Waals surface area contributed by atoms with Gasteiger partial charge in [-0.2, -0.15) is 0 Å². The van der Waals surface area contributed by atoms with E-state index in [2.05, 4.69) is 30.4 Å². The normalized spacial score (nSPS) is 19.1. The summed E-state index contributed by atoms with van der Waals surface area (Å²) in [5.41, 5.74) is 2.71. The van der Waals surface area contributed by atoms with Crippen molar-refractivity contribution in [1.29, 1.82) is 0 Å². The van der Waals surface area contributed by atoms with Gasteiger partial charge in [-0.1, -0.05) is 0 Å². The van der Waals surface area contributed by atoms with Crippen LogP contribution in [0.3, 0.4) is 0 Å². The fraction of sp³-hybridized carbons (Fsp3) is 0.440. The molecule has 1 aromatic carbocycles. The predicted molar refractivity (Wildman–Crippen MR) is 125 cm³/mol. The first-order valence-electron chi connectivity index (χ1n) is 11.8. The Balaban J connectivity index is 1.33. The first kappa shape index (κ1) is 21.2. The van der Waals surface area contributed by atoms with Gasteiger partial charge in [0.1, 0.15) is 17.9 Å². The van der Waals surface area contributed by atoms with Crippen molar-refractivity contribution in [2.45, 2.75) is 31.6 Å². The van der Waals surface area contributed by atoms with Crippen LogP contribution in [0, 0.1) is 11.2 Å². The predicted octanol–water partition coefficient (Wildman–Crippen LogP) is 3.94. The molecule has 3 fully saturated rings. The molecule has 1 aliphatic carbocycles. The summed E-state index contributed by atoms with van der Waals surface area (Å²) in [6, 6.07) is 8.23. The summed E-state index contributed by atoms with van der Waals surface area (Å²) in [6.07, 6.45) is 5.88. The zero-order valence-corrected chi connectivity index (χ0v) is 19.1. The van der Waals surface area contributed by atoms with Crippen molar-refractivity contribution in [1.82, 2.24) is 25.5 Å². The monoisotopic (exact) mass is 462 g/mol. The Labute approximate surface area is 197 Å². The summed E-state index contributed by atoms with van der Waals surface area (Å²) < 4.78 is 26.0. The van der Waals surface area contributed by atoms with Gasteiger partial charge in [-0.05, 0) is 63.0 Å². The second-order valence-electron chi connectivity index (χ2n) is 9.50. The maximum atomic E-state index is 14.4. The summed E-state index contributed by atoms with van der Waals surface area (Å²) in [7, 11) is 1.60. The number of aromatic nitrogens is 4. The van der Waals surface area contributed by atoms with E-state index in [4.69, 9.17) is 9.47 Å². The Morgan fingerprint density at radius 2 is 1.91 bits per heavy atom. The number of halogens is 1. The third-order valence-corrected chi connectivity index (χ3v) is 7.10. The zero-order valence-electron chi connectivity index (χ0n) is 19.1. The van der Waals surface area contributed by atoms with Crippen LogP contribution >= 0.6 is 0 Å². The van der Waals surface area contributed by atoms with Crippen molar-refractivity contribution in [2.24, 2.45) is 5.41 Å². The molecule has 1 N–H and O–H groups in total. The summed E-state index contributed by atoms with van der Waals surface area (Å²) in [5.74, 6) is 2.05. The van der Waals surface area contributed by atoms with E-state index in [0.717, 1.165) is 63.1 Å². The molecule has 3 aromatic rings. The Morgan fingerprint density at radius 1 is 1.09 bits per heavy atom. The number of ether oxygens (including phenoxy) is 2. The van der Waals surface area contributed by atoms with E-state index in [1.165, 1.54) is 18.5 Å². The van der Waals surface area contributed by atoms with Crippen molar-refractivity contribution in [3.63, 3.8) is 0 Å². The standard InChI is InChI=1S/C25H27FN6O2/c1-33-21-7-5-18(22(30-21)16-2-3-16)19-12-17(26)4-6-20(19)34-24-23(28-15-29-31-24)32-13-25(14-32)8-10-27-11-9-25/h4-7,12,15-16,27H,2-3,8-11,13-14H2,1H3. The lowest BCUT2D eigenvalue weighted by Gasteiger charge is -2.52. The van der Waals surface area contributed by atoms with Crippen molar-refractivity contribution >= 4 is 5.82 Å². The second-order valence-corrected chi connectivity index (χ2v) is 9.50. The molecular weight excluding hydrogens is 435 g/mol. The minimum atomic E-state index is -0.340. The molecule has 9 heteroatoms. The van der Waals surface area contributed by atoms with Gasteiger partial charge in [0.05, 0.1) is 12.8 Å². The number of rotatable bonds is 6. The maximum absolute atomic E-state index is 14.4. The fourth-order valence-electron chi connectivity index (χ4n) is 5.10. The number of nitrogens with one attached hydrogen (secondary N) is 1. The molecule has 2 saturated heterocycles. The van der Waals surface area contributed by atoms with Crippen LogP contribution in [-0.4, -0.2) is 53.5 Å². The van der Waals surface area contributed by atoms with Gasteiger partial charge in [0.2, 0.25) is 5.88 Å². The highest BCUT2D eigenvalue weighted by molar-refractivity contribution is 5.74. The summed E-state index contributed by atoms with van der Waals surface area (Å²) in [6.45, 7) is 3.96. The van der Waals surface area contributed by atoms with E-state index in [1.807, 2.05) is 6.07 Å². The van der Waals surface area contributed by atoms with Gasteiger partial charge in [-0.15, -0.1) is 10.2 Å². The molecule has 8 nitrogen and oxygen atoms in total. The van der Waals surface area contributed by atoms with Crippen LogP contribution in [0.2, 0.25) is 0 Å². The van der Waals surface area contributed by atoms with Crippen molar-refractivity contribution in [2.75, 3.05) is 38.2 Å². The molecule has 4 heterocycles. The molecule has 1 saturated carbocycles. The van der Waals surface area contributed by atoms with E-state index in [0.29, 0.717) is 40.2 Å². The minimum absolute atomic E-state index is 0.327. The molecule has 2 aromatic heterocycles. The van der Waals surface area contributed by atoms with Gasteiger partial charge in [0, 0.05) is 41.6 Å². The Bertz CT molecular complexity index is 1200. The van der Waals surface area contributed by atoms with Gasteiger partial charge < -0.3 is 19.7 Å². The lowest BCUT2D eigenvalue weighted by Crippen LogP contribution is -2.60. The van der Waals surface area contributed by atoms with Crippen molar-refractivity contribution < 1.29 is 13.9 Å². The van der Waals surface area contributed by atoms with Gasteiger partial charge in [-0.3, -0.25) is 0 Å². The van der Waals surface area contributed by atoms with Gasteiger partial charge in [0.15, 0.2) is 5.82 Å². The van der Waals surface area contributed by atoms with Gasteiger partial charge in [0.25, 0.3) is 5.88 Å². The van der Waals surface area contributed by atoms with E-state index >= 15 is 0 Å². The van der Waals surface area contributed by atoms with Gasteiger partial charge in [-0.25, -0.2) is 14.4 Å². The number of hydrogen-bond donors (Lipinski definition) is 1. The van der Waals surface area contributed by atoms with Gasteiger partial charge >= 0.3 is 0 Å². The highest BCUT2D eigenvalue weighted by Gasteiger charge is 2.45. The second kappa shape index (κ2) is 8.47. The van der Waals surface area contributed by atoms with E-state index in [1.54, 1.807) is 19.2 Å². The van der Waals surface area contributed by atoms with E-state index < -0.39 is 0 Å². The zero-order chi connectivity index (χ0) is 23.1.